The van der Waals surface area contributed by atoms with Crippen LogP contribution in [0.2, 0.25) is 5.02 Å². The van der Waals surface area contributed by atoms with Crippen molar-refractivity contribution in [3.8, 4) is 0 Å². The van der Waals surface area contributed by atoms with Crippen molar-refractivity contribution >= 4 is 27.6 Å². The van der Waals surface area contributed by atoms with Crippen LogP contribution in [0.15, 0.2) is 64.5 Å². The first kappa shape index (κ1) is 16.8. The molecule has 6 nitrogen and oxygen atoms in total. The molecule has 8 heteroatoms. The van der Waals surface area contributed by atoms with Gasteiger partial charge in [0.15, 0.2) is 6.10 Å². The molecule has 0 bridgehead atoms. The third-order valence-corrected chi connectivity index (χ3v) is 5.12. The predicted molar refractivity (Wildman–Crippen MR) is 90.4 cm³/mol. The lowest BCUT2D eigenvalue weighted by molar-refractivity contribution is 0.149. The second kappa shape index (κ2) is 6.80. The molecule has 0 radical (unpaired) electrons. The van der Waals surface area contributed by atoms with Crippen LogP contribution in [0.1, 0.15) is 11.7 Å². The van der Waals surface area contributed by atoms with Gasteiger partial charge in [-0.1, -0.05) is 41.9 Å². The number of aliphatic hydroxyl groups is 1. The van der Waals surface area contributed by atoms with Gasteiger partial charge in [0.2, 0.25) is 0 Å². The summed E-state index contributed by atoms with van der Waals surface area (Å²) in [6.45, 7) is -0.258. The number of nitrogens with one attached hydrogen (secondary N) is 1. The van der Waals surface area contributed by atoms with Gasteiger partial charge >= 0.3 is 0 Å². The van der Waals surface area contributed by atoms with Gasteiger partial charge < -0.3 is 9.84 Å². The summed E-state index contributed by atoms with van der Waals surface area (Å²) in [5.41, 5.74) is 0.806. The van der Waals surface area contributed by atoms with E-state index in [-0.39, 0.29) is 17.5 Å². The number of rotatable bonds is 4. The zero-order valence-electron chi connectivity index (χ0n) is 12.5. The molecule has 0 spiro atoms. The average Bonchev–Trinajstić information content (AvgIpc) is 2.98. The lowest BCUT2D eigenvalue weighted by Crippen LogP contribution is -2.31. The first-order chi connectivity index (χ1) is 11.5. The number of hydrogen-bond donors (Lipinski definition) is 2. The molecule has 1 aliphatic rings. The maximum absolute atomic E-state index is 12.4. The van der Waals surface area contributed by atoms with Crippen LogP contribution >= 0.6 is 11.6 Å². The summed E-state index contributed by atoms with van der Waals surface area (Å²) >= 11 is 5.77. The molecule has 0 amide bonds. The number of hydrogen-bond acceptors (Lipinski definition) is 5. The molecule has 1 aliphatic heterocycles. The van der Waals surface area contributed by atoms with Gasteiger partial charge in [-0.25, -0.2) is 18.1 Å². The van der Waals surface area contributed by atoms with E-state index in [0.717, 1.165) is 5.56 Å². The van der Waals surface area contributed by atoms with Crippen molar-refractivity contribution in [3.63, 3.8) is 0 Å². The zero-order chi connectivity index (χ0) is 17.2. The lowest BCUT2D eigenvalue weighted by atomic mass is 10.0. The molecule has 2 aromatic carbocycles. The van der Waals surface area contributed by atoms with Crippen LogP contribution in [0.25, 0.3) is 0 Å². The van der Waals surface area contributed by atoms with Crippen LogP contribution < -0.4 is 4.72 Å². The van der Waals surface area contributed by atoms with Crippen LogP contribution in [-0.2, 0) is 14.8 Å². The fourth-order valence-corrected chi connectivity index (χ4v) is 3.42. The van der Waals surface area contributed by atoms with Gasteiger partial charge in [0.05, 0.1) is 11.5 Å². The number of aliphatic imine (C=N–C) groups is 1. The molecule has 0 fully saturated rings. The van der Waals surface area contributed by atoms with E-state index in [1.165, 1.54) is 24.3 Å². The molecule has 3 rings (SSSR count). The van der Waals surface area contributed by atoms with Gasteiger partial charge in [0.1, 0.15) is 6.04 Å². The van der Waals surface area contributed by atoms with Crippen LogP contribution in [0.4, 0.5) is 0 Å². The number of sulfonamides is 1. The van der Waals surface area contributed by atoms with Crippen LogP contribution in [0.3, 0.4) is 0 Å². The summed E-state index contributed by atoms with van der Waals surface area (Å²) in [7, 11) is -3.84. The topological polar surface area (TPSA) is 88.0 Å². The number of halogens is 1. The number of aliphatic hydroxyl groups excluding tert-OH is 1. The van der Waals surface area contributed by atoms with E-state index in [1.54, 1.807) is 0 Å². The van der Waals surface area contributed by atoms with Gasteiger partial charge in [-0.05, 0) is 29.8 Å². The second-order valence-electron chi connectivity index (χ2n) is 5.19. The van der Waals surface area contributed by atoms with Gasteiger partial charge in [-0.15, -0.1) is 0 Å². The normalized spacial score (nSPS) is 20.3. The summed E-state index contributed by atoms with van der Waals surface area (Å²) in [5, 5.41) is 9.92. The molecule has 2 aromatic rings. The van der Waals surface area contributed by atoms with Crippen molar-refractivity contribution in [3.05, 3.63) is 65.2 Å². The van der Waals surface area contributed by atoms with Crippen LogP contribution in [0, 0.1) is 0 Å². The Balaban J connectivity index is 1.79. The molecule has 2 N–H and O–H groups in total. The molecule has 2 atom stereocenters. The lowest BCUT2D eigenvalue weighted by Gasteiger charge is -2.16. The Morgan fingerprint density at radius 3 is 2.42 bits per heavy atom. The maximum Gasteiger partial charge on any atom is 0.300 e. The largest absolute Gasteiger partial charge is 0.454 e. The minimum Gasteiger partial charge on any atom is -0.454 e. The highest BCUT2D eigenvalue weighted by Gasteiger charge is 2.33. The number of nitrogens with zero attached hydrogens (tertiary/aromatic N) is 1. The highest BCUT2D eigenvalue weighted by atomic mass is 35.5. The molecule has 0 unspecified atom stereocenters. The summed E-state index contributed by atoms with van der Waals surface area (Å²) in [4.78, 5) is 4.16. The Hall–Kier alpha value is -2.09. The third-order valence-electron chi connectivity index (χ3n) is 3.53. The fourth-order valence-electron chi connectivity index (χ4n) is 2.36. The van der Waals surface area contributed by atoms with Crippen molar-refractivity contribution in [1.29, 1.82) is 0 Å². The van der Waals surface area contributed by atoms with E-state index in [9.17, 15) is 13.5 Å². The van der Waals surface area contributed by atoms with Crippen molar-refractivity contribution in [1.82, 2.24) is 4.72 Å². The molecular formula is C16H15ClN2O4S. The second-order valence-corrected chi connectivity index (χ2v) is 7.31. The van der Waals surface area contributed by atoms with E-state index in [0.29, 0.717) is 5.02 Å². The summed E-state index contributed by atoms with van der Waals surface area (Å²) in [5.74, 6) is 0. The van der Waals surface area contributed by atoms with Gasteiger partial charge in [0, 0.05) is 5.02 Å². The minimum absolute atomic E-state index is 0.0434. The SMILES string of the molecule is O=S(=O)(NC1=N[C@H](CO)[C@H](c2ccccc2)O1)c1ccc(Cl)cc1. The van der Waals surface area contributed by atoms with Crippen molar-refractivity contribution in [2.24, 2.45) is 4.99 Å². The van der Waals surface area contributed by atoms with Crippen molar-refractivity contribution < 1.29 is 18.3 Å². The molecule has 24 heavy (non-hydrogen) atoms. The monoisotopic (exact) mass is 366 g/mol. The van der Waals surface area contributed by atoms with Gasteiger partial charge in [-0.3, -0.25) is 0 Å². The highest BCUT2D eigenvalue weighted by molar-refractivity contribution is 7.90. The number of ether oxygens (including phenoxy) is 1. The van der Waals surface area contributed by atoms with E-state index in [4.69, 9.17) is 16.3 Å². The van der Waals surface area contributed by atoms with E-state index in [2.05, 4.69) is 9.71 Å². The summed E-state index contributed by atoms with van der Waals surface area (Å²) in [6.07, 6.45) is -0.542. The Bertz CT molecular complexity index is 838. The maximum atomic E-state index is 12.4. The third kappa shape index (κ3) is 3.53. The summed E-state index contributed by atoms with van der Waals surface area (Å²) < 4.78 is 32.6. The average molecular weight is 367 g/mol. The Morgan fingerprint density at radius 2 is 1.79 bits per heavy atom. The predicted octanol–water partition coefficient (Wildman–Crippen LogP) is 2.11. The van der Waals surface area contributed by atoms with Crippen LogP contribution in [-0.4, -0.2) is 32.2 Å². The Kier molecular flexibility index (Phi) is 4.75. The minimum atomic E-state index is -3.84. The molecule has 0 saturated carbocycles. The number of benzene rings is 2. The van der Waals surface area contributed by atoms with E-state index in [1.807, 2.05) is 30.3 Å². The number of amidine groups is 1. The van der Waals surface area contributed by atoms with Gasteiger partial charge in [0.25, 0.3) is 16.0 Å². The molecule has 126 valence electrons. The van der Waals surface area contributed by atoms with E-state index < -0.39 is 22.2 Å². The first-order valence-corrected chi connectivity index (χ1v) is 9.04. The molecule has 0 aromatic heterocycles. The smallest absolute Gasteiger partial charge is 0.300 e. The standard InChI is InChI=1S/C16H15ClN2O4S/c17-12-6-8-13(9-7-12)24(21,22)19-16-18-14(10-20)15(23-16)11-4-2-1-3-5-11/h1-9,14-15,20H,10H2,(H,18,19)/t14-,15+/m1/s1. The summed E-state index contributed by atoms with van der Waals surface area (Å²) in [6, 6.07) is 14.2. The fraction of sp³-hybridized carbons (Fsp3) is 0.188. The zero-order valence-corrected chi connectivity index (χ0v) is 14.0. The van der Waals surface area contributed by atoms with Crippen molar-refractivity contribution in [2.75, 3.05) is 6.61 Å². The van der Waals surface area contributed by atoms with Crippen molar-refractivity contribution in [2.45, 2.75) is 17.0 Å². The Morgan fingerprint density at radius 1 is 1.12 bits per heavy atom. The Labute approximate surface area is 144 Å². The van der Waals surface area contributed by atoms with Crippen LogP contribution in [0.5, 0.6) is 0 Å². The van der Waals surface area contributed by atoms with E-state index >= 15 is 0 Å². The molecule has 0 saturated heterocycles. The quantitative estimate of drug-likeness (QED) is 0.867. The molecule has 0 aliphatic carbocycles. The highest BCUT2D eigenvalue weighted by Crippen LogP contribution is 2.28. The molecular weight excluding hydrogens is 352 g/mol. The molecule has 1 heterocycles. The van der Waals surface area contributed by atoms with Gasteiger partial charge in [-0.2, -0.15) is 0 Å². The first-order valence-electron chi connectivity index (χ1n) is 7.18.